The second-order valence-corrected chi connectivity index (χ2v) is 4.40. The van der Waals surface area contributed by atoms with Crippen molar-refractivity contribution in [2.75, 3.05) is 11.9 Å². The van der Waals surface area contributed by atoms with Crippen molar-refractivity contribution in [2.45, 2.75) is 0 Å². The van der Waals surface area contributed by atoms with E-state index in [1.54, 1.807) is 36.7 Å². The molecule has 6 heteroatoms. The lowest BCUT2D eigenvalue weighted by Crippen LogP contribution is -2.32. The summed E-state index contributed by atoms with van der Waals surface area (Å²) in [6.45, 7) is -0.0639. The first-order valence-electron chi connectivity index (χ1n) is 5.27. The molecule has 2 amide bonds. The number of amides is 2. The molecule has 2 rings (SSSR count). The lowest BCUT2D eigenvalue weighted by Gasteiger charge is -2.05. The molecule has 0 spiro atoms. The molecule has 0 bridgehead atoms. The SMILES string of the molecule is O=C(CNC(=O)c1cccs1)Nc1cccnc1. The highest BCUT2D eigenvalue weighted by Crippen LogP contribution is 2.07. The molecule has 2 heterocycles. The second kappa shape index (κ2) is 5.92. The minimum atomic E-state index is -0.284. The molecular weight excluding hydrogens is 250 g/mol. The number of carbonyl (C=O) groups excluding carboxylic acids is 2. The van der Waals surface area contributed by atoms with Crippen LogP contribution in [0.1, 0.15) is 9.67 Å². The number of nitrogens with one attached hydrogen (secondary N) is 2. The van der Waals surface area contributed by atoms with Gasteiger partial charge in [0.05, 0.1) is 23.3 Å². The maximum Gasteiger partial charge on any atom is 0.261 e. The summed E-state index contributed by atoms with van der Waals surface area (Å²) in [5.41, 5.74) is 0.605. The van der Waals surface area contributed by atoms with Gasteiger partial charge in [0.25, 0.3) is 5.91 Å². The zero-order valence-corrected chi connectivity index (χ0v) is 10.2. The molecule has 0 aliphatic heterocycles. The van der Waals surface area contributed by atoms with Crippen LogP contribution in [-0.4, -0.2) is 23.3 Å². The highest BCUT2D eigenvalue weighted by molar-refractivity contribution is 7.12. The molecule has 2 aromatic heterocycles. The molecule has 5 nitrogen and oxygen atoms in total. The third-order valence-electron chi connectivity index (χ3n) is 2.10. The van der Waals surface area contributed by atoms with E-state index in [1.165, 1.54) is 11.3 Å². The number of pyridine rings is 1. The first kappa shape index (κ1) is 12.3. The molecule has 0 atom stereocenters. The fraction of sp³-hybridized carbons (Fsp3) is 0.0833. The molecule has 92 valence electrons. The number of hydrogen-bond donors (Lipinski definition) is 2. The van der Waals surface area contributed by atoms with E-state index in [9.17, 15) is 9.59 Å². The summed E-state index contributed by atoms with van der Waals surface area (Å²) >= 11 is 1.33. The quantitative estimate of drug-likeness (QED) is 0.876. The molecule has 0 unspecified atom stereocenters. The number of carbonyl (C=O) groups is 2. The smallest absolute Gasteiger partial charge is 0.261 e. The molecule has 0 saturated carbocycles. The van der Waals surface area contributed by atoms with E-state index < -0.39 is 0 Å². The molecule has 0 fully saturated rings. The maximum atomic E-state index is 11.6. The third kappa shape index (κ3) is 3.39. The van der Waals surface area contributed by atoms with Crippen LogP contribution in [0.25, 0.3) is 0 Å². The molecule has 2 aromatic rings. The molecule has 18 heavy (non-hydrogen) atoms. The number of rotatable bonds is 4. The van der Waals surface area contributed by atoms with E-state index in [0.717, 1.165) is 0 Å². The zero-order chi connectivity index (χ0) is 12.8. The van der Waals surface area contributed by atoms with Crippen LogP contribution in [-0.2, 0) is 4.79 Å². The predicted molar refractivity (Wildman–Crippen MR) is 69.5 cm³/mol. The fourth-order valence-corrected chi connectivity index (χ4v) is 1.94. The van der Waals surface area contributed by atoms with Crippen LogP contribution in [0.2, 0.25) is 0 Å². The first-order valence-corrected chi connectivity index (χ1v) is 6.15. The van der Waals surface area contributed by atoms with Gasteiger partial charge in [-0.15, -0.1) is 11.3 Å². The topological polar surface area (TPSA) is 71.1 Å². The summed E-state index contributed by atoms with van der Waals surface area (Å²) in [7, 11) is 0. The van der Waals surface area contributed by atoms with E-state index >= 15 is 0 Å². The van der Waals surface area contributed by atoms with Crippen LogP contribution in [0.4, 0.5) is 5.69 Å². The van der Waals surface area contributed by atoms with Crippen molar-refractivity contribution in [2.24, 2.45) is 0 Å². The molecule has 0 saturated heterocycles. The molecular formula is C12H11N3O2S. The van der Waals surface area contributed by atoms with Crippen molar-refractivity contribution in [3.63, 3.8) is 0 Å². The predicted octanol–water partition coefficient (Wildman–Crippen LogP) is 1.51. The van der Waals surface area contributed by atoms with Crippen molar-refractivity contribution >= 4 is 28.8 Å². The summed E-state index contributed by atoms with van der Waals surface area (Å²) in [5.74, 6) is -0.528. The minimum Gasteiger partial charge on any atom is -0.342 e. The second-order valence-electron chi connectivity index (χ2n) is 3.45. The summed E-state index contributed by atoms with van der Waals surface area (Å²) in [5, 5.41) is 6.98. The van der Waals surface area contributed by atoms with E-state index in [-0.39, 0.29) is 18.4 Å². The zero-order valence-electron chi connectivity index (χ0n) is 9.42. The van der Waals surface area contributed by atoms with Crippen molar-refractivity contribution in [3.05, 3.63) is 46.9 Å². The molecule has 0 radical (unpaired) electrons. The van der Waals surface area contributed by atoms with Gasteiger partial charge in [-0.05, 0) is 23.6 Å². The Morgan fingerprint density at radius 3 is 2.83 bits per heavy atom. The van der Waals surface area contributed by atoms with Gasteiger partial charge in [0, 0.05) is 6.20 Å². The van der Waals surface area contributed by atoms with Crippen LogP contribution in [0.5, 0.6) is 0 Å². The molecule has 2 N–H and O–H groups in total. The first-order chi connectivity index (χ1) is 8.75. The number of thiophene rings is 1. The Labute approximate surface area is 108 Å². The summed E-state index contributed by atoms with van der Waals surface area (Å²) in [6.07, 6.45) is 3.16. The van der Waals surface area contributed by atoms with Gasteiger partial charge in [0.2, 0.25) is 5.91 Å². The highest BCUT2D eigenvalue weighted by atomic mass is 32.1. The Balaban J connectivity index is 1.80. The van der Waals surface area contributed by atoms with E-state index in [1.807, 2.05) is 5.38 Å². The van der Waals surface area contributed by atoms with E-state index in [2.05, 4.69) is 15.6 Å². The summed E-state index contributed by atoms with van der Waals surface area (Å²) < 4.78 is 0. The van der Waals surface area contributed by atoms with Crippen molar-refractivity contribution in [1.82, 2.24) is 10.3 Å². The van der Waals surface area contributed by atoms with Crippen LogP contribution < -0.4 is 10.6 Å². The number of aromatic nitrogens is 1. The standard InChI is InChI=1S/C12H11N3O2S/c16-11(15-9-3-1-5-13-7-9)8-14-12(17)10-4-2-6-18-10/h1-7H,8H2,(H,14,17)(H,15,16). The van der Waals surface area contributed by atoms with Gasteiger partial charge in [-0.25, -0.2) is 0 Å². The van der Waals surface area contributed by atoms with E-state index in [0.29, 0.717) is 10.6 Å². The van der Waals surface area contributed by atoms with Crippen LogP contribution in [0, 0.1) is 0 Å². The minimum absolute atomic E-state index is 0.0639. The van der Waals surface area contributed by atoms with Crippen LogP contribution >= 0.6 is 11.3 Å². The summed E-state index contributed by atoms with van der Waals surface area (Å²) in [4.78, 5) is 27.6. The third-order valence-corrected chi connectivity index (χ3v) is 2.97. The Morgan fingerprint density at radius 1 is 1.28 bits per heavy atom. The average Bonchev–Trinajstić information content (AvgIpc) is 2.91. The Hall–Kier alpha value is -2.21. The molecule has 0 aliphatic rings. The largest absolute Gasteiger partial charge is 0.342 e. The average molecular weight is 261 g/mol. The van der Waals surface area contributed by atoms with Gasteiger partial charge in [-0.1, -0.05) is 6.07 Å². The molecule has 0 aliphatic carbocycles. The van der Waals surface area contributed by atoms with Crippen molar-refractivity contribution in [3.8, 4) is 0 Å². The summed E-state index contributed by atoms with van der Waals surface area (Å²) in [6, 6.07) is 6.94. The Kier molecular flexibility index (Phi) is 4.03. The van der Waals surface area contributed by atoms with Crippen LogP contribution in [0.15, 0.2) is 42.0 Å². The Morgan fingerprint density at radius 2 is 2.17 bits per heavy atom. The van der Waals surface area contributed by atoms with Gasteiger partial charge in [-0.3, -0.25) is 14.6 Å². The van der Waals surface area contributed by atoms with Crippen molar-refractivity contribution in [1.29, 1.82) is 0 Å². The fourth-order valence-electron chi connectivity index (χ4n) is 1.30. The van der Waals surface area contributed by atoms with Gasteiger partial charge in [0.15, 0.2) is 0 Å². The van der Waals surface area contributed by atoms with E-state index in [4.69, 9.17) is 0 Å². The lowest BCUT2D eigenvalue weighted by molar-refractivity contribution is -0.115. The van der Waals surface area contributed by atoms with Crippen LogP contribution in [0.3, 0.4) is 0 Å². The molecule has 0 aromatic carbocycles. The monoisotopic (exact) mass is 261 g/mol. The van der Waals surface area contributed by atoms with Crippen molar-refractivity contribution < 1.29 is 9.59 Å². The van der Waals surface area contributed by atoms with Gasteiger partial charge in [-0.2, -0.15) is 0 Å². The normalized spacial score (nSPS) is 9.78. The number of anilines is 1. The number of hydrogen-bond acceptors (Lipinski definition) is 4. The Bertz CT molecular complexity index is 526. The maximum absolute atomic E-state index is 11.6. The highest BCUT2D eigenvalue weighted by Gasteiger charge is 2.08. The van der Waals surface area contributed by atoms with Gasteiger partial charge in [0.1, 0.15) is 0 Å². The number of nitrogens with zero attached hydrogens (tertiary/aromatic N) is 1. The van der Waals surface area contributed by atoms with Gasteiger partial charge < -0.3 is 10.6 Å². The lowest BCUT2D eigenvalue weighted by atomic mass is 10.4. The van der Waals surface area contributed by atoms with Gasteiger partial charge >= 0.3 is 0 Å².